The van der Waals surface area contributed by atoms with Crippen molar-refractivity contribution in [3.8, 4) is 22.8 Å². The maximum absolute atomic E-state index is 5.97. The van der Waals surface area contributed by atoms with Crippen LogP contribution in [0.15, 0.2) is 75.6 Å². The maximum atomic E-state index is 5.97. The van der Waals surface area contributed by atoms with E-state index < -0.39 is 0 Å². The van der Waals surface area contributed by atoms with Gasteiger partial charge in [0.1, 0.15) is 11.5 Å². The number of anilines is 1. The molecule has 0 amide bonds. The molecular weight excluding hydrogens is 400 g/mol. The Labute approximate surface area is 188 Å². The molecule has 0 aliphatic carbocycles. The van der Waals surface area contributed by atoms with E-state index in [0.29, 0.717) is 24.2 Å². The quantitative estimate of drug-likeness (QED) is 0.416. The molecule has 0 spiro atoms. The molecule has 3 heterocycles. The normalized spacial score (nSPS) is 16.2. The molecule has 1 aliphatic heterocycles. The molecule has 1 aliphatic rings. The van der Waals surface area contributed by atoms with Crippen molar-refractivity contribution in [2.45, 2.75) is 25.3 Å². The number of aromatic nitrogens is 2. The Morgan fingerprint density at radius 3 is 2.44 bits per heavy atom. The fourth-order valence-electron chi connectivity index (χ4n) is 4.18. The van der Waals surface area contributed by atoms with Crippen LogP contribution in [0.4, 0.5) is 5.69 Å². The van der Waals surface area contributed by atoms with Crippen LogP contribution < -0.4 is 4.90 Å². The van der Waals surface area contributed by atoms with Gasteiger partial charge in [-0.15, -0.1) is 10.2 Å². The highest BCUT2D eigenvalue weighted by atomic mass is 16.4. The van der Waals surface area contributed by atoms with E-state index in [1.165, 1.54) is 12.1 Å². The summed E-state index contributed by atoms with van der Waals surface area (Å²) in [5.41, 5.74) is 3.26. The molecule has 1 saturated heterocycles. The van der Waals surface area contributed by atoms with Crippen molar-refractivity contribution in [1.82, 2.24) is 15.1 Å². The largest absolute Gasteiger partial charge is 0.461 e. The van der Waals surface area contributed by atoms with Gasteiger partial charge in [-0.25, -0.2) is 0 Å². The molecule has 0 radical (unpaired) electrons. The highest BCUT2D eigenvalue weighted by Crippen LogP contribution is 2.26. The molecule has 1 unspecified atom stereocenters. The van der Waals surface area contributed by atoms with E-state index in [2.05, 4.69) is 58.4 Å². The van der Waals surface area contributed by atoms with Crippen LogP contribution >= 0.6 is 0 Å². The smallest absolute Gasteiger partial charge is 0.247 e. The van der Waals surface area contributed by atoms with E-state index in [4.69, 9.17) is 8.83 Å². The Kier molecular flexibility index (Phi) is 5.77. The molecule has 1 atom stereocenters. The zero-order valence-electron chi connectivity index (χ0n) is 18.6. The van der Waals surface area contributed by atoms with E-state index in [1.54, 1.807) is 0 Å². The summed E-state index contributed by atoms with van der Waals surface area (Å²) in [6.07, 6.45) is 2.56. The number of likely N-dealkylation sites (N-methyl/N-ethyl adjacent to an activating group) is 1. The van der Waals surface area contributed by atoms with Crippen molar-refractivity contribution < 1.29 is 8.83 Å². The van der Waals surface area contributed by atoms with Gasteiger partial charge >= 0.3 is 0 Å². The fourth-order valence-corrected chi connectivity index (χ4v) is 4.18. The summed E-state index contributed by atoms with van der Waals surface area (Å²) in [5.74, 6) is 2.97. The van der Waals surface area contributed by atoms with Crippen LogP contribution in [0.2, 0.25) is 0 Å². The molecule has 0 saturated carbocycles. The van der Waals surface area contributed by atoms with E-state index in [0.717, 1.165) is 42.2 Å². The Hall–Kier alpha value is -3.38. The number of aryl methyl sites for hydroxylation is 2. The number of nitrogens with zero attached hydrogens (tertiary/aromatic N) is 4. The van der Waals surface area contributed by atoms with Gasteiger partial charge in [0.25, 0.3) is 0 Å². The van der Waals surface area contributed by atoms with Crippen LogP contribution in [-0.2, 0) is 12.8 Å². The minimum absolute atomic E-state index is 0.559. The number of hydrogen-bond donors (Lipinski definition) is 0. The second-order valence-electron chi connectivity index (χ2n) is 8.53. The molecule has 6 nitrogen and oxygen atoms in total. The van der Waals surface area contributed by atoms with Gasteiger partial charge in [0.15, 0.2) is 0 Å². The second-order valence-corrected chi connectivity index (χ2v) is 8.53. The predicted octanol–water partition coefficient (Wildman–Crippen LogP) is 4.92. The van der Waals surface area contributed by atoms with E-state index in [-0.39, 0.29) is 0 Å². The average molecular weight is 429 g/mol. The van der Waals surface area contributed by atoms with Crippen molar-refractivity contribution in [2.24, 2.45) is 0 Å². The van der Waals surface area contributed by atoms with Gasteiger partial charge in [-0.05, 0) is 56.9 Å². The van der Waals surface area contributed by atoms with Gasteiger partial charge in [0.05, 0.1) is 0 Å². The van der Waals surface area contributed by atoms with Gasteiger partial charge in [-0.3, -0.25) is 0 Å². The molecule has 0 N–H and O–H groups in total. The Morgan fingerprint density at radius 1 is 0.875 bits per heavy atom. The first-order valence-corrected chi connectivity index (χ1v) is 11.1. The van der Waals surface area contributed by atoms with Crippen molar-refractivity contribution >= 4 is 5.69 Å². The molecule has 2 aromatic heterocycles. The fraction of sp³-hybridized carbons (Fsp3) is 0.308. The second kappa shape index (κ2) is 9.01. The molecule has 164 valence electrons. The lowest BCUT2D eigenvalue weighted by Gasteiger charge is -2.21. The zero-order valence-corrected chi connectivity index (χ0v) is 18.6. The summed E-state index contributed by atoms with van der Waals surface area (Å²) < 4.78 is 11.9. The van der Waals surface area contributed by atoms with Crippen LogP contribution in [0, 0.1) is 0 Å². The molecule has 32 heavy (non-hydrogen) atoms. The molecule has 5 rings (SSSR count). The number of furan rings is 1. The highest BCUT2D eigenvalue weighted by molar-refractivity contribution is 5.59. The number of hydrogen-bond acceptors (Lipinski definition) is 6. The third-order valence-corrected chi connectivity index (χ3v) is 6.15. The van der Waals surface area contributed by atoms with Gasteiger partial charge in [0, 0.05) is 48.8 Å². The highest BCUT2D eigenvalue weighted by Gasteiger charge is 2.24. The SMILES string of the molecule is CN(C)C1CCN(c2ccc(-c3nnc(CCc4ccc(-c5ccccc5)o4)o3)cc2)C1. The third kappa shape index (κ3) is 4.46. The number of benzene rings is 2. The first kappa shape index (κ1) is 20.5. The summed E-state index contributed by atoms with van der Waals surface area (Å²) >= 11 is 0. The first-order valence-electron chi connectivity index (χ1n) is 11.1. The van der Waals surface area contributed by atoms with E-state index in [9.17, 15) is 0 Å². The van der Waals surface area contributed by atoms with E-state index >= 15 is 0 Å². The van der Waals surface area contributed by atoms with Crippen LogP contribution in [0.25, 0.3) is 22.8 Å². The van der Waals surface area contributed by atoms with Gasteiger partial charge < -0.3 is 18.6 Å². The minimum atomic E-state index is 0.559. The van der Waals surface area contributed by atoms with Crippen LogP contribution in [-0.4, -0.2) is 48.3 Å². The number of rotatable bonds is 7. The summed E-state index contributed by atoms with van der Waals surface area (Å²) in [5, 5.41) is 8.47. The molecule has 1 fully saturated rings. The standard InChI is InChI=1S/C26H28N4O2/c1-29(2)22-16-17-30(18-22)21-10-8-20(9-11-21)26-28-27-25(32-26)15-13-23-12-14-24(31-23)19-6-4-3-5-7-19/h3-12,14,22H,13,15-18H2,1-2H3. The van der Waals surface area contributed by atoms with Crippen molar-refractivity contribution in [3.05, 3.63) is 78.4 Å². The van der Waals surface area contributed by atoms with Crippen molar-refractivity contribution in [3.63, 3.8) is 0 Å². The van der Waals surface area contributed by atoms with Gasteiger partial charge in [-0.2, -0.15) is 0 Å². The van der Waals surface area contributed by atoms with Crippen molar-refractivity contribution in [1.29, 1.82) is 0 Å². The summed E-state index contributed by atoms with van der Waals surface area (Å²) in [6.45, 7) is 2.15. The Balaban J connectivity index is 1.19. The summed E-state index contributed by atoms with van der Waals surface area (Å²) in [4.78, 5) is 4.74. The summed E-state index contributed by atoms with van der Waals surface area (Å²) in [7, 11) is 4.30. The summed E-state index contributed by atoms with van der Waals surface area (Å²) in [6, 6.07) is 23.2. The predicted molar refractivity (Wildman–Crippen MR) is 126 cm³/mol. The van der Waals surface area contributed by atoms with Crippen LogP contribution in [0.3, 0.4) is 0 Å². The Bertz CT molecular complexity index is 1150. The lowest BCUT2D eigenvalue weighted by molar-refractivity contribution is 0.315. The van der Waals surface area contributed by atoms with Crippen LogP contribution in [0.1, 0.15) is 18.1 Å². The lowest BCUT2D eigenvalue weighted by Crippen LogP contribution is -2.31. The monoisotopic (exact) mass is 428 g/mol. The maximum Gasteiger partial charge on any atom is 0.247 e. The molecule has 4 aromatic rings. The third-order valence-electron chi connectivity index (χ3n) is 6.15. The van der Waals surface area contributed by atoms with Crippen molar-refractivity contribution in [2.75, 3.05) is 32.1 Å². The molecule has 0 bridgehead atoms. The lowest BCUT2D eigenvalue weighted by atomic mass is 10.2. The zero-order chi connectivity index (χ0) is 21.9. The first-order chi connectivity index (χ1) is 15.7. The topological polar surface area (TPSA) is 58.5 Å². The van der Waals surface area contributed by atoms with Gasteiger partial charge in [0.2, 0.25) is 11.8 Å². The molecule has 6 heteroatoms. The molecule has 2 aromatic carbocycles. The van der Waals surface area contributed by atoms with Crippen LogP contribution in [0.5, 0.6) is 0 Å². The Morgan fingerprint density at radius 2 is 1.69 bits per heavy atom. The van der Waals surface area contributed by atoms with E-state index in [1.807, 2.05) is 42.5 Å². The average Bonchev–Trinajstić information content (AvgIpc) is 3.59. The minimum Gasteiger partial charge on any atom is -0.461 e. The van der Waals surface area contributed by atoms with Gasteiger partial charge in [-0.1, -0.05) is 30.3 Å². The molecular formula is C26H28N4O2.